The molecule has 1 fully saturated rings. The molecule has 35 heavy (non-hydrogen) atoms. The number of rotatable bonds is 5. The number of nitrogens with one attached hydrogen (secondary N) is 1. The molecule has 4 aromatic rings. The zero-order valence-corrected chi connectivity index (χ0v) is 19.6. The molecule has 10 heteroatoms. The number of carbonyl (C=O) groups excluding carboxylic acids is 1. The number of hydrogen-bond acceptors (Lipinski definition) is 6. The summed E-state index contributed by atoms with van der Waals surface area (Å²) in [5.41, 5.74) is 1.21. The van der Waals surface area contributed by atoms with Gasteiger partial charge in [-0.2, -0.15) is 0 Å². The third-order valence-corrected chi connectivity index (χ3v) is 6.93. The lowest BCUT2D eigenvalue weighted by molar-refractivity contribution is -0.120. The van der Waals surface area contributed by atoms with Gasteiger partial charge in [0.05, 0.1) is 24.2 Å². The van der Waals surface area contributed by atoms with E-state index in [0.29, 0.717) is 53.5 Å². The van der Waals surface area contributed by atoms with Crippen molar-refractivity contribution in [1.29, 1.82) is 0 Å². The molecule has 180 valence electrons. The van der Waals surface area contributed by atoms with E-state index < -0.39 is 17.6 Å². The maximum absolute atomic E-state index is 13.6. The molecule has 5 rings (SSSR count). The van der Waals surface area contributed by atoms with Gasteiger partial charge in [0.25, 0.3) is 5.56 Å². The van der Waals surface area contributed by atoms with Crippen LogP contribution in [0.1, 0.15) is 12.8 Å². The summed E-state index contributed by atoms with van der Waals surface area (Å²) in [6, 6.07) is 12.2. The molecule has 0 saturated carbocycles. The Morgan fingerprint density at radius 2 is 2.03 bits per heavy atom. The summed E-state index contributed by atoms with van der Waals surface area (Å²) in [7, 11) is 1.56. The van der Waals surface area contributed by atoms with Gasteiger partial charge in [-0.1, -0.05) is 6.07 Å². The number of methoxy groups -OCH3 is 1. The van der Waals surface area contributed by atoms with E-state index in [9.17, 15) is 18.4 Å². The van der Waals surface area contributed by atoms with Crippen LogP contribution in [0.25, 0.3) is 15.9 Å². The smallest absolute Gasteiger partial charge is 0.277 e. The van der Waals surface area contributed by atoms with Gasteiger partial charge in [-0.3, -0.25) is 9.59 Å². The molecule has 0 aliphatic carbocycles. The number of carbonyl (C=O) groups is 1. The predicted octanol–water partition coefficient (Wildman–Crippen LogP) is 4.59. The topological polar surface area (TPSA) is 76.5 Å². The van der Waals surface area contributed by atoms with E-state index >= 15 is 0 Å². The van der Waals surface area contributed by atoms with Gasteiger partial charge in [0.15, 0.2) is 11.6 Å². The van der Waals surface area contributed by atoms with Crippen molar-refractivity contribution in [1.82, 2.24) is 9.55 Å². The second kappa shape index (κ2) is 9.46. The van der Waals surface area contributed by atoms with E-state index in [4.69, 9.17) is 9.72 Å². The van der Waals surface area contributed by atoms with Crippen LogP contribution in [-0.4, -0.2) is 35.7 Å². The highest BCUT2D eigenvalue weighted by molar-refractivity contribution is 7.17. The van der Waals surface area contributed by atoms with Crippen molar-refractivity contribution < 1.29 is 18.3 Å². The van der Waals surface area contributed by atoms with E-state index in [1.165, 1.54) is 17.4 Å². The van der Waals surface area contributed by atoms with E-state index in [-0.39, 0.29) is 17.2 Å². The first-order valence-electron chi connectivity index (χ1n) is 11.1. The molecule has 1 amide bonds. The highest BCUT2D eigenvalue weighted by Crippen LogP contribution is 2.28. The Bertz CT molecular complexity index is 1470. The van der Waals surface area contributed by atoms with Gasteiger partial charge < -0.3 is 15.0 Å². The largest absolute Gasteiger partial charge is 0.497 e. The zero-order valence-electron chi connectivity index (χ0n) is 18.8. The minimum absolute atomic E-state index is 0.192. The second-order valence-electron chi connectivity index (χ2n) is 8.29. The van der Waals surface area contributed by atoms with Crippen LogP contribution in [0, 0.1) is 17.6 Å². The Morgan fingerprint density at radius 1 is 1.17 bits per heavy atom. The van der Waals surface area contributed by atoms with Crippen molar-refractivity contribution in [2.45, 2.75) is 12.8 Å². The van der Waals surface area contributed by atoms with Gasteiger partial charge in [0, 0.05) is 30.9 Å². The normalized spacial score (nSPS) is 15.9. The van der Waals surface area contributed by atoms with Crippen molar-refractivity contribution in [3.8, 4) is 11.4 Å². The average molecular weight is 497 g/mol. The number of benzene rings is 2. The van der Waals surface area contributed by atoms with Gasteiger partial charge >= 0.3 is 0 Å². The molecule has 2 aromatic carbocycles. The highest BCUT2D eigenvalue weighted by Gasteiger charge is 2.29. The summed E-state index contributed by atoms with van der Waals surface area (Å²) in [5, 5.41) is 4.50. The molecule has 1 aliphatic heterocycles. The van der Waals surface area contributed by atoms with Crippen molar-refractivity contribution >= 4 is 39.1 Å². The standard InChI is InChI=1S/C25H22F2N4O3S/c1-34-18-6-2-5-17(13-18)31-24(33)22-21(9-11-35-22)29-25(31)30-10-3-4-15(14-30)23(32)28-16-7-8-19(26)20(27)12-16/h2,5-9,11-13,15H,3-4,10,14H2,1H3,(H,28,32)/t15-/m1/s1. The number of aromatic nitrogens is 2. The third-order valence-electron chi connectivity index (χ3n) is 6.04. The fraction of sp³-hybridized carbons (Fsp3) is 0.240. The summed E-state index contributed by atoms with van der Waals surface area (Å²) in [6.07, 6.45) is 1.32. The van der Waals surface area contributed by atoms with Gasteiger partial charge in [-0.25, -0.2) is 18.3 Å². The molecule has 0 spiro atoms. The van der Waals surface area contributed by atoms with Crippen molar-refractivity contribution in [3.05, 3.63) is 75.9 Å². The summed E-state index contributed by atoms with van der Waals surface area (Å²) in [4.78, 5) is 33.2. The first-order valence-corrected chi connectivity index (χ1v) is 12.0. The fourth-order valence-corrected chi connectivity index (χ4v) is 5.05. The minimum Gasteiger partial charge on any atom is -0.497 e. The molecule has 1 saturated heterocycles. The van der Waals surface area contributed by atoms with Crippen molar-refractivity contribution in [3.63, 3.8) is 0 Å². The number of amides is 1. The zero-order chi connectivity index (χ0) is 24.5. The monoisotopic (exact) mass is 496 g/mol. The molecule has 0 unspecified atom stereocenters. The van der Waals surface area contributed by atoms with Crippen LogP contribution in [-0.2, 0) is 4.79 Å². The summed E-state index contributed by atoms with van der Waals surface area (Å²) in [5.74, 6) is -1.67. The molecule has 2 aromatic heterocycles. The number of nitrogens with zero attached hydrogens (tertiary/aromatic N) is 3. The van der Waals surface area contributed by atoms with E-state index in [1.54, 1.807) is 35.9 Å². The van der Waals surface area contributed by atoms with Crippen molar-refractivity contribution in [2.24, 2.45) is 5.92 Å². The maximum Gasteiger partial charge on any atom is 0.277 e. The van der Waals surface area contributed by atoms with Gasteiger partial charge in [-0.05, 0) is 48.6 Å². The molecule has 7 nitrogen and oxygen atoms in total. The Balaban J connectivity index is 1.49. The Labute approximate surface area is 203 Å². The van der Waals surface area contributed by atoms with E-state index in [0.717, 1.165) is 12.1 Å². The Kier molecular flexibility index (Phi) is 6.21. The lowest BCUT2D eigenvalue weighted by Gasteiger charge is -2.34. The molecular weight excluding hydrogens is 474 g/mol. The Hall–Kier alpha value is -3.79. The third kappa shape index (κ3) is 4.49. The number of fused-ring (bicyclic) bond motifs is 1. The first-order chi connectivity index (χ1) is 16.9. The fourth-order valence-electron chi connectivity index (χ4n) is 4.29. The molecule has 1 N–H and O–H groups in total. The molecule has 1 atom stereocenters. The summed E-state index contributed by atoms with van der Waals surface area (Å²) < 4.78 is 34.3. The lowest BCUT2D eigenvalue weighted by atomic mass is 9.97. The van der Waals surface area contributed by atoms with Crippen LogP contribution >= 0.6 is 11.3 Å². The van der Waals surface area contributed by atoms with Crippen LogP contribution in [0.4, 0.5) is 20.4 Å². The van der Waals surface area contributed by atoms with Crippen LogP contribution in [0.15, 0.2) is 58.7 Å². The number of hydrogen-bond donors (Lipinski definition) is 1. The van der Waals surface area contributed by atoms with Crippen LogP contribution in [0.5, 0.6) is 5.75 Å². The SMILES string of the molecule is COc1cccc(-n2c(N3CCC[C@@H](C(=O)Nc4ccc(F)c(F)c4)C3)nc3ccsc3c2=O)c1. The number of anilines is 2. The first kappa shape index (κ1) is 23.0. The predicted molar refractivity (Wildman–Crippen MR) is 132 cm³/mol. The number of thiophene rings is 1. The quantitative estimate of drug-likeness (QED) is 0.438. The molecule has 1 aliphatic rings. The molecule has 0 bridgehead atoms. The molecular formula is C25H22F2N4O3S. The number of halogens is 2. The minimum atomic E-state index is -1.02. The Morgan fingerprint density at radius 3 is 2.83 bits per heavy atom. The highest BCUT2D eigenvalue weighted by atomic mass is 32.1. The summed E-state index contributed by atoms with van der Waals surface area (Å²) in [6.45, 7) is 0.933. The van der Waals surface area contributed by atoms with Crippen LogP contribution in [0.3, 0.4) is 0 Å². The van der Waals surface area contributed by atoms with E-state index in [1.807, 2.05) is 16.3 Å². The van der Waals surface area contributed by atoms with Crippen LogP contribution < -0.4 is 20.5 Å². The van der Waals surface area contributed by atoms with Gasteiger partial charge in [0.1, 0.15) is 10.4 Å². The van der Waals surface area contributed by atoms with Gasteiger partial charge in [0.2, 0.25) is 11.9 Å². The lowest BCUT2D eigenvalue weighted by Crippen LogP contribution is -2.43. The molecule has 0 radical (unpaired) electrons. The van der Waals surface area contributed by atoms with Crippen molar-refractivity contribution in [2.75, 3.05) is 30.4 Å². The maximum atomic E-state index is 13.6. The average Bonchev–Trinajstić information content (AvgIpc) is 3.35. The van der Waals surface area contributed by atoms with Gasteiger partial charge in [-0.15, -0.1) is 11.3 Å². The number of piperidine rings is 1. The van der Waals surface area contributed by atoms with Crippen LogP contribution in [0.2, 0.25) is 0 Å². The van der Waals surface area contributed by atoms with E-state index in [2.05, 4.69) is 5.32 Å². The second-order valence-corrected chi connectivity index (χ2v) is 9.21. The number of ether oxygens (including phenoxy) is 1. The molecule has 3 heterocycles. The summed E-state index contributed by atoms with van der Waals surface area (Å²) >= 11 is 1.33.